The molecule has 2 aromatic rings. The summed E-state index contributed by atoms with van der Waals surface area (Å²) in [5.74, 6) is -0.130. The van der Waals surface area contributed by atoms with Crippen molar-refractivity contribution >= 4 is 11.8 Å². The van der Waals surface area contributed by atoms with Gasteiger partial charge in [-0.25, -0.2) is 0 Å². The highest BCUT2D eigenvalue weighted by Crippen LogP contribution is 2.12. The largest absolute Gasteiger partial charge is 0.357 e. The molecule has 2 rings (SSSR count). The third-order valence-corrected chi connectivity index (χ3v) is 4.31. The van der Waals surface area contributed by atoms with Crippen LogP contribution in [0, 0.1) is 0 Å². The predicted octanol–water partition coefficient (Wildman–Crippen LogP) is 2.83. The first kappa shape index (κ1) is 18.7. The van der Waals surface area contributed by atoms with E-state index in [9.17, 15) is 9.59 Å². The standard InChI is InChI=1S/C21H26N2O2/c1-3-19(21(25)22-2)23(15-14-17-10-6-4-7-11-17)20(24)16-18-12-8-5-9-13-18/h4-13,19H,3,14-16H2,1-2H3,(H,22,25). The van der Waals surface area contributed by atoms with E-state index in [1.165, 1.54) is 0 Å². The highest BCUT2D eigenvalue weighted by Gasteiger charge is 2.27. The Labute approximate surface area is 149 Å². The number of carbonyl (C=O) groups is 2. The molecule has 0 heterocycles. The summed E-state index contributed by atoms with van der Waals surface area (Å²) >= 11 is 0. The second kappa shape index (κ2) is 9.62. The molecule has 0 aliphatic rings. The first-order chi connectivity index (χ1) is 12.2. The van der Waals surface area contributed by atoms with Crippen molar-refractivity contribution in [1.29, 1.82) is 0 Å². The van der Waals surface area contributed by atoms with Crippen LogP contribution in [0.3, 0.4) is 0 Å². The Bertz CT molecular complexity index is 671. The van der Waals surface area contributed by atoms with Gasteiger partial charge in [0.1, 0.15) is 6.04 Å². The quantitative estimate of drug-likeness (QED) is 0.805. The molecule has 2 amide bonds. The van der Waals surface area contributed by atoms with Gasteiger partial charge < -0.3 is 10.2 Å². The maximum absolute atomic E-state index is 12.9. The number of benzene rings is 2. The summed E-state index contributed by atoms with van der Waals surface area (Å²) in [5.41, 5.74) is 2.12. The maximum Gasteiger partial charge on any atom is 0.242 e. The summed E-state index contributed by atoms with van der Waals surface area (Å²) in [7, 11) is 1.61. The summed E-state index contributed by atoms with van der Waals surface area (Å²) in [6, 6.07) is 19.2. The fourth-order valence-electron chi connectivity index (χ4n) is 2.93. The number of nitrogens with zero attached hydrogens (tertiary/aromatic N) is 1. The molecule has 0 spiro atoms. The Kier molecular flexibility index (Phi) is 7.20. The minimum Gasteiger partial charge on any atom is -0.357 e. The van der Waals surface area contributed by atoms with Crippen LogP contribution in [0.1, 0.15) is 24.5 Å². The second-order valence-corrected chi connectivity index (χ2v) is 6.02. The monoisotopic (exact) mass is 338 g/mol. The third kappa shape index (κ3) is 5.45. The zero-order chi connectivity index (χ0) is 18.1. The fourth-order valence-corrected chi connectivity index (χ4v) is 2.93. The van der Waals surface area contributed by atoms with Gasteiger partial charge in [0.2, 0.25) is 11.8 Å². The SMILES string of the molecule is CCC(C(=O)NC)N(CCc1ccccc1)C(=O)Cc1ccccc1. The lowest BCUT2D eigenvalue weighted by Gasteiger charge is -2.30. The topological polar surface area (TPSA) is 49.4 Å². The molecule has 4 nitrogen and oxygen atoms in total. The lowest BCUT2D eigenvalue weighted by atomic mass is 10.1. The van der Waals surface area contributed by atoms with Crippen molar-refractivity contribution in [3.8, 4) is 0 Å². The van der Waals surface area contributed by atoms with Gasteiger partial charge in [0.05, 0.1) is 6.42 Å². The summed E-state index contributed by atoms with van der Waals surface area (Å²) in [5, 5.41) is 2.68. The zero-order valence-corrected chi connectivity index (χ0v) is 14.9. The van der Waals surface area contributed by atoms with E-state index in [1.807, 2.05) is 67.6 Å². The lowest BCUT2D eigenvalue weighted by Crippen LogP contribution is -2.49. The van der Waals surface area contributed by atoms with Crippen LogP contribution in [0.15, 0.2) is 60.7 Å². The van der Waals surface area contributed by atoms with E-state index in [1.54, 1.807) is 11.9 Å². The Balaban J connectivity index is 2.15. The molecule has 0 bridgehead atoms. The van der Waals surface area contributed by atoms with Crippen molar-refractivity contribution in [2.75, 3.05) is 13.6 Å². The van der Waals surface area contributed by atoms with E-state index >= 15 is 0 Å². The van der Waals surface area contributed by atoms with E-state index in [0.29, 0.717) is 19.4 Å². The van der Waals surface area contributed by atoms with Gasteiger partial charge in [-0.1, -0.05) is 67.6 Å². The third-order valence-electron chi connectivity index (χ3n) is 4.31. The molecule has 0 fully saturated rings. The van der Waals surface area contributed by atoms with Gasteiger partial charge in [-0.15, -0.1) is 0 Å². The Morgan fingerprint density at radius 1 is 0.960 bits per heavy atom. The highest BCUT2D eigenvalue weighted by molar-refractivity contribution is 5.88. The Morgan fingerprint density at radius 2 is 1.52 bits per heavy atom. The summed E-state index contributed by atoms with van der Waals surface area (Å²) in [4.78, 5) is 26.9. The van der Waals surface area contributed by atoms with E-state index in [4.69, 9.17) is 0 Å². The van der Waals surface area contributed by atoms with Crippen LogP contribution in [0.4, 0.5) is 0 Å². The van der Waals surface area contributed by atoms with Crippen LogP contribution in [-0.2, 0) is 22.4 Å². The molecule has 1 unspecified atom stereocenters. The van der Waals surface area contributed by atoms with E-state index in [-0.39, 0.29) is 11.8 Å². The molecular formula is C21H26N2O2. The van der Waals surface area contributed by atoms with Gasteiger partial charge in [-0.05, 0) is 24.0 Å². The first-order valence-electron chi connectivity index (χ1n) is 8.74. The minimum absolute atomic E-state index is 0.0161. The van der Waals surface area contributed by atoms with Crippen molar-refractivity contribution in [1.82, 2.24) is 10.2 Å². The summed E-state index contributed by atoms with van der Waals surface area (Å²) < 4.78 is 0. The smallest absolute Gasteiger partial charge is 0.242 e. The molecule has 0 aliphatic heterocycles. The molecule has 4 heteroatoms. The van der Waals surface area contributed by atoms with Crippen molar-refractivity contribution in [2.45, 2.75) is 32.2 Å². The fraction of sp³-hybridized carbons (Fsp3) is 0.333. The van der Waals surface area contributed by atoms with Crippen LogP contribution >= 0.6 is 0 Å². The molecule has 1 N–H and O–H groups in total. The Morgan fingerprint density at radius 3 is 2.04 bits per heavy atom. The number of likely N-dealkylation sites (N-methyl/N-ethyl adjacent to an activating group) is 1. The minimum atomic E-state index is -0.440. The van der Waals surface area contributed by atoms with Gasteiger partial charge in [0.15, 0.2) is 0 Å². The van der Waals surface area contributed by atoms with E-state index < -0.39 is 6.04 Å². The molecule has 132 valence electrons. The number of nitrogens with one attached hydrogen (secondary N) is 1. The van der Waals surface area contributed by atoms with Crippen molar-refractivity contribution in [2.24, 2.45) is 0 Å². The number of hydrogen-bond acceptors (Lipinski definition) is 2. The van der Waals surface area contributed by atoms with Crippen LogP contribution in [0.2, 0.25) is 0 Å². The molecule has 0 radical (unpaired) electrons. The first-order valence-corrected chi connectivity index (χ1v) is 8.74. The average Bonchev–Trinajstić information content (AvgIpc) is 2.66. The zero-order valence-electron chi connectivity index (χ0n) is 14.9. The van der Waals surface area contributed by atoms with E-state index in [0.717, 1.165) is 17.5 Å². The van der Waals surface area contributed by atoms with Crippen LogP contribution in [-0.4, -0.2) is 36.3 Å². The number of hydrogen-bond donors (Lipinski definition) is 1. The molecule has 25 heavy (non-hydrogen) atoms. The number of amides is 2. The van der Waals surface area contributed by atoms with Gasteiger partial charge >= 0.3 is 0 Å². The second-order valence-electron chi connectivity index (χ2n) is 6.02. The predicted molar refractivity (Wildman–Crippen MR) is 100 cm³/mol. The summed E-state index contributed by atoms with van der Waals surface area (Å²) in [6.07, 6.45) is 1.63. The van der Waals surface area contributed by atoms with Crippen molar-refractivity contribution < 1.29 is 9.59 Å². The van der Waals surface area contributed by atoms with Crippen LogP contribution < -0.4 is 5.32 Å². The summed E-state index contributed by atoms with van der Waals surface area (Å²) in [6.45, 7) is 2.47. The van der Waals surface area contributed by atoms with Crippen LogP contribution in [0.25, 0.3) is 0 Å². The van der Waals surface area contributed by atoms with E-state index in [2.05, 4.69) is 5.32 Å². The number of carbonyl (C=O) groups excluding carboxylic acids is 2. The average molecular weight is 338 g/mol. The number of rotatable bonds is 8. The molecule has 2 aromatic carbocycles. The Hall–Kier alpha value is -2.62. The van der Waals surface area contributed by atoms with Gasteiger partial charge in [-0.2, -0.15) is 0 Å². The molecule has 0 saturated heterocycles. The molecule has 0 aromatic heterocycles. The molecular weight excluding hydrogens is 312 g/mol. The van der Waals surface area contributed by atoms with Crippen LogP contribution in [0.5, 0.6) is 0 Å². The van der Waals surface area contributed by atoms with Crippen molar-refractivity contribution in [3.05, 3.63) is 71.8 Å². The van der Waals surface area contributed by atoms with Gasteiger partial charge in [-0.3, -0.25) is 9.59 Å². The molecule has 1 atom stereocenters. The molecule has 0 saturated carbocycles. The molecule has 0 aliphatic carbocycles. The normalized spacial score (nSPS) is 11.6. The van der Waals surface area contributed by atoms with Crippen molar-refractivity contribution in [3.63, 3.8) is 0 Å². The van der Waals surface area contributed by atoms with Gasteiger partial charge in [0, 0.05) is 13.6 Å². The maximum atomic E-state index is 12.9. The lowest BCUT2D eigenvalue weighted by molar-refractivity contribution is -0.140. The highest BCUT2D eigenvalue weighted by atomic mass is 16.2. The van der Waals surface area contributed by atoms with Gasteiger partial charge in [0.25, 0.3) is 0 Å².